The second-order valence-corrected chi connectivity index (χ2v) is 9.63. The normalized spacial score (nSPS) is 18.5. The maximum Gasteiger partial charge on any atom is 0.435 e. The molecule has 0 spiro atoms. The highest BCUT2D eigenvalue weighted by Gasteiger charge is 2.38. The van der Waals surface area contributed by atoms with Crippen LogP contribution in [0.25, 0.3) is 0 Å². The fourth-order valence-corrected chi connectivity index (χ4v) is 4.38. The quantitative estimate of drug-likeness (QED) is 0.402. The highest BCUT2D eigenvalue weighted by molar-refractivity contribution is 5.95. The van der Waals surface area contributed by atoms with Crippen LogP contribution in [0, 0.1) is 5.92 Å². The largest absolute Gasteiger partial charge is 0.493 e. The van der Waals surface area contributed by atoms with Crippen LogP contribution < -0.4 is 19.7 Å². The summed E-state index contributed by atoms with van der Waals surface area (Å²) in [4.78, 5) is 14.7. The minimum atomic E-state index is -4.71. The first kappa shape index (κ1) is 25.0. The van der Waals surface area contributed by atoms with Crippen molar-refractivity contribution in [3.05, 3.63) is 71.5 Å². The van der Waals surface area contributed by atoms with Crippen LogP contribution in [0.1, 0.15) is 53.8 Å². The number of anilines is 1. The van der Waals surface area contributed by atoms with E-state index in [9.17, 15) is 18.0 Å². The molecule has 0 bridgehead atoms. The van der Waals surface area contributed by atoms with Crippen molar-refractivity contribution in [3.63, 3.8) is 0 Å². The molecule has 37 heavy (non-hydrogen) atoms. The van der Waals surface area contributed by atoms with Gasteiger partial charge in [-0.3, -0.25) is 9.89 Å². The van der Waals surface area contributed by atoms with Crippen LogP contribution in [0.15, 0.2) is 54.7 Å². The standard InChI is InChI=1S/C27H29F3N4O3/c1-17(32-26(35)24-14-31-33-25(24)27(28,29)30)19-4-8-22(9-5-19)37-23-12-13-34(15-23)20-6-10-21(11-7-20)36-16-18-2-3-18/h4-11,14,17-18,23H,2-3,12-13,15-16H2,1H3,(H,31,33)(H,32,35)/t17-,23+/m0/s1. The molecule has 0 radical (unpaired) electrons. The second-order valence-electron chi connectivity index (χ2n) is 9.63. The molecule has 1 saturated carbocycles. The van der Waals surface area contributed by atoms with E-state index >= 15 is 0 Å². The Bertz CT molecular complexity index is 1210. The maximum atomic E-state index is 13.0. The summed E-state index contributed by atoms with van der Waals surface area (Å²) in [6.45, 7) is 4.16. The zero-order chi connectivity index (χ0) is 26.0. The number of aromatic amines is 1. The molecule has 2 fully saturated rings. The summed E-state index contributed by atoms with van der Waals surface area (Å²) in [7, 11) is 0. The van der Waals surface area contributed by atoms with Gasteiger partial charge in [0.15, 0.2) is 5.69 Å². The van der Waals surface area contributed by atoms with E-state index < -0.39 is 29.4 Å². The lowest BCUT2D eigenvalue weighted by Gasteiger charge is -2.20. The lowest BCUT2D eigenvalue weighted by atomic mass is 10.1. The van der Waals surface area contributed by atoms with Crippen molar-refractivity contribution in [2.24, 2.45) is 5.92 Å². The van der Waals surface area contributed by atoms with Gasteiger partial charge in [-0.15, -0.1) is 0 Å². The topological polar surface area (TPSA) is 79.5 Å². The van der Waals surface area contributed by atoms with Gasteiger partial charge in [0, 0.05) is 24.8 Å². The summed E-state index contributed by atoms with van der Waals surface area (Å²) >= 11 is 0. The van der Waals surface area contributed by atoms with Gasteiger partial charge in [0.25, 0.3) is 5.91 Å². The Morgan fingerprint density at radius 3 is 2.49 bits per heavy atom. The molecular weight excluding hydrogens is 485 g/mol. The van der Waals surface area contributed by atoms with Gasteiger partial charge in [-0.05, 0) is 67.6 Å². The number of rotatable bonds is 9. The number of alkyl halides is 3. The minimum absolute atomic E-state index is 0.0376. The number of nitrogens with zero attached hydrogens (tertiary/aromatic N) is 2. The van der Waals surface area contributed by atoms with Gasteiger partial charge in [0.2, 0.25) is 0 Å². The Morgan fingerprint density at radius 2 is 1.81 bits per heavy atom. The van der Waals surface area contributed by atoms with Crippen LogP contribution in [-0.2, 0) is 6.18 Å². The number of hydrogen-bond donors (Lipinski definition) is 2. The molecule has 1 aliphatic heterocycles. The molecule has 7 nitrogen and oxygen atoms in total. The van der Waals surface area contributed by atoms with Gasteiger partial charge < -0.3 is 19.7 Å². The molecule has 2 atom stereocenters. The summed E-state index contributed by atoms with van der Waals surface area (Å²) in [6.07, 6.45) is -0.300. The number of halogens is 3. The fourth-order valence-electron chi connectivity index (χ4n) is 4.38. The van der Waals surface area contributed by atoms with Crippen molar-refractivity contribution in [3.8, 4) is 11.5 Å². The first-order valence-corrected chi connectivity index (χ1v) is 12.4. The van der Waals surface area contributed by atoms with Crippen LogP contribution >= 0.6 is 0 Å². The van der Waals surface area contributed by atoms with Crippen LogP contribution in [-0.4, -0.2) is 41.9 Å². The van der Waals surface area contributed by atoms with Gasteiger partial charge in [0.05, 0.1) is 24.8 Å². The summed E-state index contributed by atoms with van der Waals surface area (Å²) in [5, 5.41) is 7.86. The molecule has 2 aromatic carbocycles. The number of carbonyl (C=O) groups is 1. The van der Waals surface area contributed by atoms with Gasteiger partial charge >= 0.3 is 6.18 Å². The van der Waals surface area contributed by atoms with Crippen molar-refractivity contribution >= 4 is 11.6 Å². The Balaban J connectivity index is 1.12. The van der Waals surface area contributed by atoms with Gasteiger partial charge in [-0.25, -0.2) is 0 Å². The van der Waals surface area contributed by atoms with E-state index in [0.29, 0.717) is 5.75 Å². The molecule has 1 amide bonds. The summed E-state index contributed by atoms with van der Waals surface area (Å²) in [5.74, 6) is 1.48. The molecule has 10 heteroatoms. The third-order valence-electron chi connectivity index (χ3n) is 6.71. The first-order chi connectivity index (χ1) is 17.8. The van der Waals surface area contributed by atoms with Crippen LogP contribution in [0.5, 0.6) is 11.5 Å². The zero-order valence-corrected chi connectivity index (χ0v) is 20.4. The average molecular weight is 515 g/mol. The number of amides is 1. The molecule has 2 aliphatic rings. The third-order valence-corrected chi connectivity index (χ3v) is 6.71. The number of benzene rings is 2. The number of nitrogens with one attached hydrogen (secondary N) is 2. The van der Waals surface area contributed by atoms with Crippen molar-refractivity contribution in [2.45, 2.75) is 44.5 Å². The van der Waals surface area contributed by atoms with E-state index in [-0.39, 0.29) is 6.10 Å². The Hall–Kier alpha value is -3.69. The van der Waals surface area contributed by atoms with E-state index in [1.165, 1.54) is 12.8 Å². The summed E-state index contributed by atoms with van der Waals surface area (Å²) < 4.78 is 51.0. The third kappa shape index (κ3) is 6.18. The highest BCUT2D eigenvalue weighted by atomic mass is 19.4. The Labute approximate surface area is 213 Å². The lowest BCUT2D eigenvalue weighted by molar-refractivity contribution is -0.141. The van der Waals surface area contributed by atoms with E-state index in [4.69, 9.17) is 9.47 Å². The van der Waals surface area contributed by atoms with Gasteiger partial charge in [0.1, 0.15) is 17.6 Å². The first-order valence-electron chi connectivity index (χ1n) is 12.4. The smallest absolute Gasteiger partial charge is 0.435 e. The molecule has 196 valence electrons. The number of aromatic nitrogens is 2. The minimum Gasteiger partial charge on any atom is -0.493 e. The predicted molar refractivity (Wildman–Crippen MR) is 132 cm³/mol. The zero-order valence-electron chi connectivity index (χ0n) is 20.4. The molecule has 0 unspecified atom stereocenters. The molecule has 2 heterocycles. The molecule has 1 saturated heterocycles. The van der Waals surface area contributed by atoms with E-state index in [0.717, 1.165) is 55.2 Å². The second kappa shape index (κ2) is 10.4. The Morgan fingerprint density at radius 1 is 1.11 bits per heavy atom. The lowest BCUT2D eigenvalue weighted by Crippen LogP contribution is -2.28. The average Bonchev–Trinajstić information content (AvgIpc) is 3.35. The monoisotopic (exact) mass is 514 g/mol. The summed E-state index contributed by atoms with van der Waals surface area (Å²) in [5.41, 5.74) is 0.112. The van der Waals surface area contributed by atoms with Crippen molar-refractivity contribution < 1.29 is 27.4 Å². The van der Waals surface area contributed by atoms with Crippen molar-refractivity contribution in [1.82, 2.24) is 15.5 Å². The predicted octanol–water partition coefficient (Wildman–Crippen LogP) is 5.37. The maximum absolute atomic E-state index is 13.0. The molecule has 2 N–H and O–H groups in total. The van der Waals surface area contributed by atoms with Crippen molar-refractivity contribution in [2.75, 3.05) is 24.6 Å². The van der Waals surface area contributed by atoms with Crippen LogP contribution in [0.4, 0.5) is 18.9 Å². The van der Waals surface area contributed by atoms with E-state index in [1.807, 2.05) is 24.3 Å². The fraction of sp³-hybridized carbons (Fsp3) is 0.407. The molecule has 1 aromatic heterocycles. The molecular formula is C27H29F3N4O3. The summed E-state index contributed by atoms with van der Waals surface area (Å²) in [6, 6.07) is 14.9. The van der Waals surface area contributed by atoms with Crippen molar-refractivity contribution in [1.29, 1.82) is 0 Å². The highest BCUT2D eigenvalue weighted by Crippen LogP contribution is 2.32. The SMILES string of the molecule is C[C@H](NC(=O)c1c[nH]nc1C(F)(F)F)c1ccc(O[C@@H]2CCN(c3ccc(OCC4CC4)cc3)C2)cc1. The van der Waals surface area contributed by atoms with Crippen LogP contribution in [0.3, 0.4) is 0 Å². The Kier molecular flexibility index (Phi) is 6.99. The number of H-pyrrole nitrogens is 1. The number of hydrogen-bond acceptors (Lipinski definition) is 5. The van der Waals surface area contributed by atoms with E-state index in [2.05, 4.69) is 32.5 Å². The van der Waals surface area contributed by atoms with Gasteiger partial charge in [-0.2, -0.15) is 18.3 Å². The van der Waals surface area contributed by atoms with Crippen LogP contribution in [0.2, 0.25) is 0 Å². The number of carbonyl (C=O) groups excluding carboxylic acids is 1. The van der Waals surface area contributed by atoms with Gasteiger partial charge in [-0.1, -0.05) is 12.1 Å². The molecule has 5 rings (SSSR count). The molecule has 3 aromatic rings. The van der Waals surface area contributed by atoms with E-state index in [1.54, 1.807) is 19.1 Å². The number of ether oxygens (including phenoxy) is 2. The molecule has 1 aliphatic carbocycles.